The summed E-state index contributed by atoms with van der Waals surface area (Å²) in [5.41, 5.74) is 1.20. The number of halogens is 1. The van der Waals surface area contributed by atoms with E-state index in [4.69, 9.17) is 4.74 Å². The molecule has 1 heterocycles. The summed E-state index contributed by atoms with van der Waals surface area (Å²) in [6.45, 7) is 4.03. The number of ether oxygens (including phenoxy) is 1. The van der Waals surface area contributed by atoms with E-state index in [1.165, 1.54) is 70.0 Å². The zero-order valence-corrected chi connectivity index (χ0v) is 20.1. The smallest absolute Gasteiger partial charge is 0.191 e. The zero-order chi connectivity index (χ0) is 19.2. The predicted octanol–water partition coefficient (Wildman–Crippen LogP) is 4.17. The minimum atomic E-state index is 0. The van der Waals surface area contributed by atoms with Gasteiger partial charge >= 0.3 is 0 Å². The van der Waals surface area contributed by atoms with Crippen LogP contribution in [0.5, 0.6) is 5.75 Å². The van der Waals surface area contributed by atoms with E-state index in [9.17, 15) is 0 Å². The monoisotopic (exact) mass is 512 g/mol. The molecular weight excluding hydrogens is 475 g/mol. The summed E-state index contributed by atoms with van der Waals surface area (Å²) < 4.78 is 6.03. The van der Waals surface area contributed by atoms with Gasteiger partial charge in [0.25, 0.3) is 0 Å². The number of para-hydroxylation sites is 1. The molecule has 6 heteroatoms. The molecule has 1 saturated heterocycles. The van der Waals surface area contributed by atoms with Crippen molar-refractivity contribution >= 4 is 29.9 Å². The Bertz CT molecular complexity index is 650. The molecule has 2 aliphatic carbocycles. The fourth-order valence-electron chi connectivity index (χ4n) is 4.53. The molecule has 0 spiro atoms. The van der Waals surface area contributed by atoms with Crippen LogP contribution in [-0.2, 0) is 6.54 Å². The minimum Gasteiger partial charge on any atom is -0.493 e. The highest BCUT2D eigenvalue weighted by molar-refractivity contribution is 14.0. The molecule has 1 aromatic rings. The molecule has 29 heavy (non-hydrogen) atoms. The summed E-state index contributed by atoms with van der Waals surface area (Å²) >= 11 is 0. The van der Waals surface area contributed by atoms with Gasteiger partial charge in [0.1, 0.15) is 5.75 Å². The molecule has 1 aromatic carbocycles. The van der Waals surface area contributed by atoms with Gasteiger partial charge in [-0.1, -0.05) is 31.0 Å². The summed E-state index contributed by atoms with van der Waals surface area (Å²) in [5.74, 6) is 2.67. The molecule has 3 fully saturated rings. The molecule has 162 valence electrons. The second-order valence-electron chi connectivity index (χ2n) is 8.68. The van der Waals surface area contributed by atoms with Crippen LogP contribution in [0.4, 0.5) is 0 Å². The second-order valence-corrected chi connectivity index (χ2v) is 8.68. The van der Waals surface area contributed by atoms with Gasteiger partial charge in [0, 0.05) is 44.3 Å². The minimum absolute atomic E-state index is 0. The Morgan fingerprint density at radius 3 is 2.48 bits per heavy atom. The van der Waals surface area contributed by atoms with Gasteiger partial charge in [0.05, 0.1) is 6.61 Å². The van der Waals surface area contributed by atoms with Crippen molar-refractivity contribution in [3.05, 3.63) is 29.8 Å². The standard InChI is InChI=1S/C23H36N4O.HI/c1-24-23(26-20-12-14-27(15-13-20)21-7-3-4-8-21)25-16-19-6-2-5-9-22(19)28-17-18-10-11-18;/h2,5-6,9,18,20-21H,3-4,7-8,10-17H2,1H3,(H2,24,25,26);1H. The van der Waals surface area contributed by atoms with Crippen LogP contribution in [0.2, 0.25) is 0 Å². The Morgan fingerprint density at radius 1 is 1.07 bits per heavy atom. The third kappa shape index (κ3) is 6.74. The predicted molar refractivity (Wildman–Crippen MR) is 130 cm³/mol. The average Bonchev–Trinajstić information content (AvgIpc) is 3.41. The highest BCUT2D eigenvalue weighted by atomic mass is 127. The number of rotatable bonds is 7. The van der Waals surface area contributed by atoms with E-state index in [1.54, 1.807) is 0 Å². The highest BCUT2D eigenvalue weighted by Crippen LogP contribution is 2.30. The summed E-state index contributed by atoms with van der Waals surface area (Å²) in [7, 11) is 1.86. The van der Waals surface area contributed by atoms with Crippen molar-refractivity contribution in [3.63, 3.8) is 0 Å². The first-order chi connectivity index (χ1) is 13.8. The quantitative estimate of drug-likeness (QED) is 0.327. The van der Waals surface area contributed by atoms with E-state index in [0.29, 0.717) is 6.04 Å². The number of guanidine groups is 1. The van der Waals surface area contributed by atoms with E-state index in [2.05, 4.69) is 44.8 Å². The SMILES string of the molecule is CN=C(NCc1ccccc1OCC1CC1)NC1CCN(C2CCCC2)CC1.I. The highest BCUT2D eigenvalue weighted by Gasteiger charge is 2.27. The van der Waals surface area contributed by atoms with E-state index in [1.807, 2.05) is 7.05 Å². The van der Waals surface area contributed by atoms with Gasteiger partial charge < -0.3 is 20.3 Å². The Hall–Kier alpha value is -1.02. The van der Waals surface area contributed by atoms with Gasteiger partial charge in [-0.3, -0.25) is 4.99 Å². The molecule has 2 saturated carbocycles. The van der Waals surface area contributed by atoms with Crippen LogP contribution in [0.1, 0.15) is 56.9 Å². The van der Waals surface area contributed by atoms with Crippen molar-refractivity contribution in [2.24, 2.45) is 10.9 Å². The summed E-state index contributed by atoms with van der Waals surface area (Å²) in [6.07, 6.45) is 10.7. The van der Waals surface area contributed by atoms with Crippen LogP contribution >= 0.6 is 24.0 Å². The van der Waals surface area contributed by atoms with Crippen molar-refractivity contribution in [2.75, 3.05) is 26.7 Å². The zero-order valence-electron chi connectivity index (χ0n) is 17.7. The molecule has 0 bridgehead atoms. The average molecular weight is 512 g/mol. The third-order valence-electron chi connectivity index (χ3n) is 6.53. The van der Waals surface area contributed by atoms with Gasteiger partial charge in [-0.2, -0.15) is 0 Å². The number of aliphatic imine (C=N–C) groups is 1. The topological polar surface area (TPSA) is 48.9 Å². The number of likely N-dealkylation sites (tertiary alicyclic amines) is 1. The third-order valence-corrected chi connectivity index (χ3v) is 6.53. The lowest BCUT2D eigenvalue weighted by atomic mass is 10.0. The Morgan fingerprint density at radius 2 is 1.79 bits per heavy atom. The molecule has 5 nitrogen and oxygen atoms in total. The van der Waals surface area contributed by atoms with E-state index >= 15 is 0 Å². The van der Waals surface area contributed by atoms with Crippen LogP contribution in [0.25, 0.3) is 0 Å². The molecular formula is C23H37IN4O. The second kappa shape index (κ2) is 11.4. The van der Waals surface area contributed by atoms with Gasteiger partial charge in [0.2, 0.25) is 0 Å². The molecule has 1 aliphatic heterocycles. The van der Waals surface area contributed by atoms with Crippen LogP contribution in [0.3, 0.4) is 0 Å². The Labute approximate surface area is 193 Å². The van der Waals surface area contributed by atoms with E-state index in [-0.39, 0.29) is 24.0 Å². The van der Waals surface area contributed by atoms with Crippen molar-refractivity contribution < 1.29 is 4.74 Å². The van der Waals surface area contributed by atoms with Crippen LogP contribution in [0.15, 0.2) is 29.3 Å². The number of hydrogen-bond donors (Lipinski definition) is 2. The van der Waals surface area contributed by atoms with Gasteiger partial charge in [0.15, 0.2) is 5.96 Å². The fraction of sp³-hybridized carbons (Fsp3) is 0.696. The first-order valence-electron chi connectivity index (χ1n) is 11.2. The van der Waals surface area contributed by atoms with E-state index < -0.39 is 0 Å². The van der Waals surface area contributed by atoms with Crippen molar-refractivity contribution in [1.82, 2.24) is 15.5 Å². The van der Waals surface area contributed by atoms with Crippen molar-refractivity contribution in [1.29, 1.82) is 0 Å². The number of nitrogens with one attached hydrogen (secondary N) is 2. The van der Waals surface area contributed by atoms with E-state index in [0.717, 1.165) is 36.8 Å². The summed E-state index contributed by atoms with van der Waals surface area (Å²) in [6, 6.07) is 9.72. The maximum absolute atomic E-state index is 6.03. The fourth-order valence-corrected chi connectivity index (χ4v) is 4.53. The normalized spacial score (nSPS) is 21.6. The molecule has 2 N–H and O–H groups in total. The summed E-state index contributed by atoms with van der Waals surface area (Å²) in [4.78, 5) is 7.16. The molecule has 3 aliphatic rings. The maximum Gasteiger partial charge on any atom is 0.191 e. The van der Waals surface area contributed by atoms with Gasteiger partial charge in [-0.25, -0.2) is 0 Å². The van der Waals surface area contributed by atoms with Gasteiger partial charge in [-0.15, -0.1) is 24.0 Å². The molecule has 4 rings (SSSR count). The number of benzene rings is 1. The van der Waals surface area contributed by atoms with Crippen LogP contribution < -0.4 is 15.4 Å². The molecule has 0 amide bonds. The molecule has 0 atom stereocenters. The lowest BCUT2D eigenvalue weighted by molar-refractivity contribution is 0.150. The lowest BCUT2D eigenvalue weighted by Crippen LogP contribution is -2.50. The first-order valence-corrected chi connectivity index (χ1v) is 11.2. The Balaban J connectivity index is 0.00000240. The van der Waals surface area contributed by atoms with Gasteiger partial charge in [-0.05, 0) is 50.5 Å². The van der Waals surface area contributed by atoms with Crippen molar-refractivity contribution in [2.45, 2.75) is 70.0 Å². The number of nitrogens with zero attached hydrogens (tertiary/aromatic N) is 2. The summed E-state index contributed by atoms with van der Waals surface area (Å²) in [5, 5.41) is 7.13. The first kappa shape index (κ1) is 22.7. The van der Waals surface area contributed by atoms with Crippen LogP contribution in [-0.4, -0.2) is 49.7 Å². The van der Waals surface area contributed by atoms with Crippen molar-refractivity contribution in [3.8, 4) is 5.75 Å². The number of piperidine rings is 1. The largest absolute Gasteiger partial charge is 0.493 e. The maximum atomic E-state index is 6.03. The van der Waals surface area contributed by atoms with Crippen LogP contribution in [0, 0.1) is 5.92 Å². The Kier molecular flexibility index (Phi) is 8.90. The molecule has 0 radical (unpaired) electrons. The molecule has 0 aromatic heterocycles. The number of hydrogen-bond acceptors (Lipinski definition) is 3. The molecule has 0 unspecified atom stereocenters. The lowest BCUT2D eigenvalue weighted by Gasteiger charge is -2.36.